The van der Waals surface area contributed by atoms with Gasteiger partial charge in [0.25, 0.3) is 5.91 Å². The average molecular weight is 464 g/mol. The number of carbonyl (C=O) groups excluding carboxylic acids is 1. The second-order valence-electron chi connectivity index (χ2n) is 7.68. The minimum atomic E-state index is -3.70. The van der Waals surface area contributed by atoms with Crippen molar-refractivity contribution >= 4 is 27.3 Å². The zero-order chi connectivity index (χ0) is 22.6. The first-order chi connectivity index (χ1) is 15.4. The monoisotopic (exact) mass is 463 g/mol. The summed E-state index contributed by atoms with van der Waals surface area (Å²) in [6.45, 7) is 2.69. The number of ether oxygens (including phenoxy) is 2. The van der Waals surface area contributed by atoms with Crippen LogP contribution >= 0.6 is 0 Å². The number of carbonyl (C=O) groups is 1. The molecule has 0 atom stereocenters. The van der Waals surface area contributed by atoms with Crippen LogP contribution in [-0.4, -0.2) is 64.6 Å². The fourth-order valence-corrected chi connectivity index (χ4v) is 5.25. The zero-order valence-electron chi connectivity index (χ0n) is 17.6. The van der Waals surface area contributed by atoms with Crippen LogP contribution in [0.5, 0.6) is 5.75 Å². The number of hydrogen-bond acceptors (Lipinski definition) is 6. The van der Waals surface area contributed by atoms with Gasteiger partial charge in [0.2, 0.25) is 10.0 Å². The fraction of sp³-hybridized carbons (Fsp3) is 0.409. The minimum absolute atomic E-state index is 0.122. The van der Waals surface area contributed by atoms with Crippen LogP contribution in [0.4, 0.5) is 15.8 Å². The summed E-state index contributed by atoms with van der Waals surface area (Å²) in [4.78, 5) is 14.8. The summed E-state index contributed by atoms with van der Waals surface area (Å²) >= 11 is 0. The number of rotatable bonds is 7. The molecule has 0 unspecified atom stereocenters. The molecule has 8 nitrogen and oxygen atoms in total. The predicted molar refractivity (Wildman–Crippen MR) is 118 cm³/mol. The lowest BCUT2D eigenvalue weighted by Gasteiger charge is -2.27. The van der Waals surface area contributed by atoms with Gasteiger partial charge in [0.15, 0.2) is 6.61 Å². The van der Waals surface area contributed by atoms with Crippen LogP contribution in [0.25, 0.3) is 0 Å². The first-order valence-electron chi connectivity index (χ1n) is 10.6. The van der Waals surface area contributed by atoms with E-state index in [4.69, 9.17) is 9.47 Å². The van der Waals surface area contributed by atoms with Gasteiger partial charge < -0.3 is 19.7 Å². The lowest BCUT2D eigenvalue weighted by atomic mass is 10.2. The minimum Gasteiger partial charge on any atom is -0.484 e. The van der Waals surface area contributed by atoms with Gasteiger partial charge in [0, 0.05) is 26.2 Å². The molecule has 172 valence electrons. The maximum atomic E-state index is 13.1. The number of nitrogens with zero attached hydrogens (tertiary/aromatic N) is 2. The molecule has 0 saturated carbocycles. The number of sulfonamides is 1. The lowest BCUT2D eigenvalue weighted by Crippen LogP contribution is -2.40. The van der Waals surface area contributed by atoms with Gasteiger partial charge in [-0.15, -0.1) is 0 Å². The topological polar surface area (TPSA) is 88.2 Å². The molecule has 2 saturated heterocycles. The molecule has 1 amide bonds. The molecular formula is C22H26FN3O5S. The van der Waals surface area contributed by atoms with Crippen molar-refractivity contribution in [2.45, 2.75) is 17.7 Å². The molecule has 0 spiro atoms. The number of benzene rings is 2. The van der Waals surface area contributed by atoms with Crippen LogP contribution < -0.4 is 15.0 Å². The SMILES string of the molecule is O=C(COc1ccc(F)cc1)Nc1cc(S(=O)(=O)N2CCOCC2)ccc1N1CCCC1. The molecule has 32 heavy (non-hydrogen) atoms. The summed E-state index contributed by atoms with van der Waals surface area (Å²) < 4.78 is 51.3. The molecule has 10 heteroatoms. The van der Waals surface area contributed by atoms with E-state index in [2.05, 4.69) is 10.2 Å². The van der Waals surface area contributed by atoms with Crippen molar-refractivity contribution in [2.75, 3.05) is 56.2 Å². The summed E-state index contributed by atoms with van der Waals surface area (Å²) in [6.07, 6.45) is 2.07. The van der Waals surface area contributed by atoms with Crippen LogP contribution in [0.15, 0.2) is 47.4 Å². The molecule has 0 aromatic heterocycles. The van der Waals surface area contributed by atoms with Crippen molar-refractivity contribution < 1.29 is 27.1 Å². The quantitative estimate of drug-likeness (QED) is 0.679. The Kier molecular flexibility index (Phi) is 6.92. The third-order valence-corrected chi connectivity index (χ3v) is 7.37. The number of amides is 1. The van der Waals surface area contributed by atoms with Gasteiger partial charge in [-0.1, -0.05) is 0 Å². The number of halogens is 1. The van der Waals surface area contributed by atoms with E-state index in [9.17, 15) is 17.6 Å². The molecule has 1 N–H and O–H groups in total. The van der Waals surface area contributed by atoms with Crippen LogP contribution in [-0.2, 0) is 19.6 Å². The van der Waals surface area contributed by atoms with Gasteiger partial charge in [0.1, 0.15) is 11.6 Å². The highest BCUT2D eigenvalue weighted by atomic mass is 32.2. The van der Waals surface area contributed by atoms with Crippen LogP contribution in [0.3, 0.4) is 0 Å². The second kappa shape index (κ2) is 9.85. The Bertz CT molecular complexity index is 1050. The molecule has 2 heterocycles. The first kappa shape index (κ1) is 22.5. The Balaban J connectivity index is 1.54. The Labute approximate surface area is 187 Å². The van der Waals surface area contributed by atoms with E-state index in [0.29, 0.717) is 37.7 Å². The predicted octanol–water partition coefficient (Wildman–Crippen LogP) is 2.46. The summed E-state index contributed by atoms with van der Waals surface area (Å²) in [6, 6.07) is 10.2. The highest BCUT2D eigenvalue weighted by Gasteiger charge is 2.28. The lowest BCUT2D eigenvalue weighted by molar-refractivity contribution is -0.118. The standard InChI is InChI=1S/C22H26FN3O5S/c23-17-3-5-18(6-4-17)31-16-22(27)24-20-15-19(7-8-21(20)25-9-1-2-10-25)32(28,29)26-11-13-30-14-12-26/h3-8,15H,1-2,9-14,16H2,(H,24,27). The first-order valence-corrected chi connectivity index (χ1v) is 12.0. The van der Waals surface area contributed by atoms with Crippen molar-refractivity contribution in [1.82, 2.24) is 4.31 Å². The molecule has 4 rings (SSSR count). The summed E-state index contributed by atoms with van der Waals surface area (Å²) in [5.41, 5.74) is 1.20. The summed E-state index contributed by atoms with van der Waals surface area (Å²) in [5.74, 6) is -0.462. The summed E-state index contributed by atoms with van der Waals surface area (Å²) in [7, 11) is -3.70. The largest absolute Gasteiger partial charge is 0.484 e. The molecule has 2 aromatic carbocycles. The molecule has 0 bridgehead atoms. The Hall–Kier alpha value is -2.69. The number of morpholine rings is 1. The van der Waals surface area contributed by atoms with E-state index in [1.165, 1.54) is 34.6 Å². The summed E-state index contributed by atoms with van der Waals surface area (Å²) in [5, 5.41) is 2.80. The van der Waals surface area contributed by atoms with Crippen LogP contribution in [0, 0.1) is 5.82 Å². The maximum absolute atomic E-state index is 13.1. The third kappa shape index (κ3) is 5.20. The molecule has 2 fully saturated rings. The Morgan fingerprint density at radius 3 is 2.41 bits per heavy atom. The number of anilines is 2. The number of hydrogen-bond donors (Lipinski definition) is 1. The van der Waals surface area contributed by atoms with Crippen molar-refractivity contribution in [1.29, 1.82) is 0 Å². The van der Waals surface area contributed by atoms with Crippen molar-refractivity contribution in [2.24, 2.45) is 0 Å². The smallest absolute Gasteiger partial charge is 0.262 e. The maximum Gasteiger partial charge on any atom is 0.262 e. The average Bonchev–Trinajstić information content (AvgIpc) is 3.34. The Morgan fingerprint density at radius 2 is 1.72 bits per heavy atom. The molecule has 0 radical (unpaired) electrons. The van der Waals surface area contributed by atoms with E-state index in [-0.39, 0.29) is 11.5 Å². The van der Waals surface area contributed by atoms with E-state index in [1.54, 1.807) is 12.1 Å². The number of nitrogens with one attached hydrogen (secondary N) is 1. The molecule has 2 aliphatic rings. The highest BCUT2D eigenvalue weighted by molar-refractivity contribution is 7.89. The van der Waals surface area contributed by atoms with Crippen LogP contribution in [0.1, 0.15) is 12.8 Å². The highest BCUT2D eigenvalue weighted by Crippen LogP contribution is 2.32. The molecule has 0 aliphatic carbocycles. The van der Waals surface area contributed by atoms with Gasteiger partial charge >= 0.3 is 0 Å². The van der Waals surface area contributed by atoms with Gasteiger partial charge in [-0.05, 0) is 55.3 Å². The normalized spacial score (nSPS) is 17.3. The van der Waals surface area contributed by atoms with E-state index in [0.717, 1.165) is 31.6 Å². The van der Waals surface area contributed by atoms with Crippen molar-refractivity contribution in [3.8, 4) is 5.75 Å². The van der Waals surface area contributed by atoms with E-state index in [1.807, 2.05) is 0 Å². The van der Waals surface area contributed by atoms with Gasteiger partial charge in [0.05, 0.1) is 29.5 Å². The second-order valence-corrected chi connectivity index (χ2v) is 9.62. The zero-order valence-corrected chi connectivity index (χ0v) is 18.4. The fourth-order valence-electron chi connectivity index (χ4n) is 3.81. The molecular weight excluding hydrogens is 437 g/mol. The molecule has 2 aromatic rings. The Morgan fingerprint density at radius 1 is 1.03 bits per heavy atom. The van der Waals surface area contributed by atoms with Gasteiger partial charge in [-0.2, -0.15) is 4.31 Å². The van der Waals surface area contributed by atoms with Crippen LogP contribution in [0.2, 0.25) is 0 Å². The van der Waals surface area contributed by atoms with E-state index < -0.39 is 21.7 Å². The van der Waals surface area contributed by atoms with Gasteiger partial charge in [-0.3, -0.25) is 4.79 Å². The molecule has 2 aliphatic heterocycles. The van der Waals surface area contributed by atoms with Gasteiger partial charge in [-0.25, -0.2) is 12.8 Å². The van der Waals surface area contributed by atoms with Crippen molar-refractivity contribution in [3.63, 3.8) is 0 Å². The van der Waals surface area contributed by atoms with E-state index >= 15 is 0 Å². The van der Waals surface area contributed by atoms with Crippen molar-refractivity contribution in [3.05, 3.63) is 48.3 Å². The third-order valence-electron chi connectivity index (χ3n) is 5.48.